The average Bonchev–Trinajstić information content (AvgIpc) is 3.31. The van der Waals surface area contributed by atoms with E-state index in [1.807, 2.05) is 0 Å². The van der Waals surface area contributed by atoms with Gasteiger partial charge >= 0.3 is 5.97 Å². The Balaban J connectivity index is 1.51. The Morgan fingerprint density at radius 3 is 2.67 bits per heavy atom. The van der Waals surface area contributed by atoms with E-state index in [0.717, 1.165) is 5.56 Å². The van der Waals surface area contributed by atoms with Gasteiger partial charge < -0.3 is 24.8 Å². The van der Waals surface area contributed by atoms with Crippen molar-refractivity contribution in [2.75, 3.05) is 5.32 Å². The van der Waals surface area contributed by atoms with Crippen molar-refractivity contribution < 1.29 is 24.1 Å². The normalized spacial score (nSPS) is 21.0. The second-order valence-corrected chi connectivity index (χ2v) is 10.4. The second kappa shape index (κ2) is 7.60. The first kappa shape index (κ1) is 23.7. The molecule has 0 radical (unpaired) electrons. The van der Waals surface area contributed by atoms with Crippen LogP contribution in [-0.4, -0.2) is 25.7 Å². The highest BCUT2D eigenvalue weighted by molar-refractivity contribution is 5.93. The third-order valence-electron chi connectivity index (χ3n) is 8.58. The highest BCUT2D eigenvalue weighted by Crippen LogP contribution is 2.46. The van der Waals surface area contributed by atoms with Crippen molar-refractivity contribution >= 4 is 22.6 Å². The van der Waals surface area contributed by atoms with Crippen molar-refractivity contribution in [2.24, 2.45) is 0 Å². The number of carbonyl (C=O) groups is 1. The molecule has 198 valence electrons. The van der Waals surface area contributed by atoms with Gasteiger partial charge in [-0.15, -0.1) is 0 Å². The van der Waals surface area contributed by atoms with E-state index in [2.05, 4.69) is 5.32 Å². The lowest BCUT2D eigenvalue weighted by atomic mass is 9.81. The van der Waals surface area contributed by atoms with Gasteiger partial charge in [-0.25, -0.2) is 14.2 Å². The van der Waals surface area contributed by atoms with E-state index >= 15 is 0 Å². The minimum absolute atomic E-state index is 0.00379. The highest BCUT2D eigenvalue weighted by atomic mass is 19.1. The quantitative estimate of drug-likeness (QED) is 0.235. The summed E-state index contributed by atoms with van der Waals surface area (Å²) in [4.78, 5) is 54.7. The average molecular weight is 531 g/mol. The van der Waals surface area contributed by atoms with Gasteiger partial charge in [-0.1, -0.05) is 6.92 Å². The first-order chi connectivity index (χ1) is 18.6. The molecule has 39 heavy (non-hydrogen) atoms. The molecule has 0 saturated heterocycles. The van der Waals surface area contributed by atoms with E-state index in [0.29, 0.717) is 51.8 Å². The number of aromatic nitrogens is 2. The Labute approximate surface area is 219 Å². The molecule has 1 aliphatic carbocycles. The summed E-state index contributed by atoms with van der Waals surface area (Å²) in [5, 5.41) is 24.9. The maximum absolute atomic E-state index is 15.0. The predicted molar refractivity (Wildman–Crippen MR) is 137 cm³/mol. The monoisotopic (exact) mass is 531 g/mol. The van der Waals surface area contributed by atoms with E-state index in [1.54, 1.807) is 19.9 Å². The fraction of sp³-hybridized carbons (Fsp3) is 0.321. The molecular weight excluding hydrogens is 509 g/mol. The Kier molecular flexibility index (Phi) is 4.62. The van der Waals surface area contributed by atoms with Crippen molar-refractivity contribution in [2.45, 2.75) is 57.9 Å². The summed E-state index contributed by atoms with van der Waals surface area (Å²) in [5.41, 5.74) is -0.280. The van der Waals surface area contributed by atoms with Gasteiger partial charge in [0.15, 0.2) is 11.4 Å². The molecule has 0 fully saturated rings. The number of nitrogens with one attached hydrogen (secondary N) is 1. The number of hydrogen-bond acceptors (Lipinski definition) is 9. The van der Waals surface area contributed by atoms with E-state index < -0.39 is 45.6 Å². The third-order valence-corrected chi connectivity index (χ3v) is 8.58. The number of nitrogens with zero attached hydrogens (tertiary/aromatic N) is 2. The largest absolute Gasteiger partial charge is 0.502 e. The van der Waals surface area contributed by atoms with Crippen molar-refractivity contribution in [3.05, 3.63) is 82.1 Å². The summed E-state index contributed by atoms with van der Waals surface area (Å²) in [6.07, 6.45) is 0.891. The summed E-state index contributed by atoms with van der Waals surface area (Å²) in [6, 6.07) is 2.37. The number of pyridine rings is 2. The van der Waals surface area contributed by atoms with Crippen molar-refractivity contribution in [1.29, 1.82) is 0 Å². The first-order valence-corrected chi connectivity index (χ1v) is 12.7. The molecule has 2 aliphatic heterocycles. The Morgan fingerprint density at radius 2 is 1.95 bits per heavy atom. The van der Waals surface area contributed by atoms with Crippen LogP contribution >= 0.6 is 0 Å². The molecule has 3 aliphatic rings. The maximum atomic E-state index is 15.0. The summed E-state index contributed by atoms with van der Waals surface area (Å²) >= 11 is 0. The van der Waals surface area contributed by atoms with E-state index in [9.17, 15) is 33.8 Å². The van der Waals surface area contributed by atoms with E-state index in [1.165, 1.54) is 10.6 Å². The summed E-state index contributed by atoms with van der Waals surface area (Å²) in [7, 11) is 0. The van der Waals surface area contributed by atoms with Crippen molar-refractivity contribution in [3.63, 3.8) is 0 Å². The van der Waals surface area contributed by atoms with Crippen LogP contribution in [0.15, 0.2) is 26.5 Å². The number of esters is 1. The minimum atomic E-state index is -1.99. The number of anilines is 1. The molecule has 2 atom stereocenters. The predicted octanol–water partition coefficient (Wildman–Crippen LogP) is 1.93. The van der Waals surface area contributed by atoms with Crippen LogP contribution in [0.5, 0.6) is 5.75 Å². The lowest BCUT2D eigenvalue weighted by Gasteiger charge is -2.31. The zero-order valence-corrected chi connectivity index (χ0v) is 21.0. The number of cyclic esters (lactones) is 1. The van der Waals surface area contributed by atoms with Gasteiger partial charge in [0.1, 0.15) is 18.1 Å². The van der Waals surface area contributed by atoms with E-state index in [-0.39, 0.29) is 36.4 Å². The van der Waals surface area contributed by atoms with Gasteiger partial charge in [0.25, 0.3) is 16.4 Å². The standard InChI is InChI=1S/C28H22FN3O7/c1-3-28(38)14-6-18-21-12(8-32(18)26(36)13(14)9-39-27(28)37)20-16(30-22-23(33)25(35)24(22)34)5-4-11-10(2)15(29)7-17(31-21)19(11)20/h6-7,16,30,33,38H,3-5,8-9H2,1-2H3/t16-,28-/m0/s1. The number of halogens is 1. The zero-order valence-electron chi connectivity index (χ0n) is 21.0. The molecular formula is C28H22FN3O7. The van der Waals surface area contributed by atoms with Crippen LogP contribution in [0.1, 0.15) is 59.2 Å². The highest BCUT2D eigenvalue weighted by Gasteiger charge is 2.46. The molecule has 0 unspecified atom stereocenters. The second-order valence-electron chi connectivity index (χ2n) is 10.4. The Hall–Kier alpha value is -4.38. The molecule has 4 heterocycles. The van der Waals surface area contributed by atoms with Gasteiger partial charge in [0, 0.05) is 22.6 Å². The summed E-state index contributed by atoms with van der Waals surface area (Å²) in [6.45, 7) is 3.15. The Bertz CT molecular complexity index is 1950. The third kappa shape index (κ3) is 2.85. The van der Waals surface area contributed by atoms with Crippen LogP contribution in [0.2, 0.25) is 0 Å². The minimum Gasteiger partial charge on any atom is -0.502 e. The fourth-order valence-electron chi connectivity index (χ4n) is 6.39. The van der Waals surface area contributed by atoms with Gasteiger partial charge in [-0.2, -0.15) is 0 Å². The first-order valence-electron chi connectivity index (χ1n) is 12.7. The topological polar surface area (TPSA) is 148 Å². The maximum Gasteiger partial charge on any atom is 0.343 e. The van der Waals surface area contributed by atoms with Crippen molar-refractivity contribution in [1.82, 2.24) is 9.55 Å². The van der Waals surface area contributed by atoms with Crippen LogP contribution < -0.4 is 21.7 Å². The molecule has 7 rings (SSSR count). The van der Waals surface area contributed by atoms with Crippen molar-refractivity contribution in [3.8, 4) is 17.1 Å². The number of aryl methyl sites for hydroxylation is 1. The number of aromatic hydroxyl groups is 1. The molecule has 0 bridgehead atoms. The van der Waals surface area contributed by atoms with Gasteiger partial charge in [-0.3, -0.25) is 14.4 Å². The molecule has 2 aromatic carbocycles. The summed E-state index contributed by atoms with van der Waals surface area (Å²) < 4.78 is 21.6. The smallest absolute Gasteiger partial charge is 0.343 e. The SMILES string of the molecule is CC[C@@]1(O)C(=O)OCc2c1cc1n(c2=O)Cc2c-1nc1cc(F)c(C)c3c1c2[C@@H](Nc1c(O)c(=O)c1=O)CC3. The fourth-order valence-corrected chi connectivity index (χ4v) is 6.39. The number of hydrogen-bond donors (Lipinski definition) is 3. The number of fused-ring (bicyclic) bond motifs is 5. The van der Waals surface area contributed by atoms with E-state index in [4.69, 9.17) is 9.72 Å². The number of aliphatic hydroxyl groups is 1. The molecule has 0 spiro atoms. The van der Waals surface area contributed by atoms with Crippen LogP contribution in [0.25, 0.3) is 22.3 Å². The molecule has 3 N–H and O–H groups in total. The number of carbonyl (C=O) groups excluding carboxylic acids is 1. The number of rotatable bonds is 3. The molecule has 4 aromatic rings. The Morgan fingerprint density at radius 1 is 1.18 bits per heavy atom. The molecule has 2 aromatic heterocycles. The van der Waals surface area contributed by atoms with Gasteiger partial charge in [0.05, 0.1) is 35.1 Å². The molecule has 0 amide bonds. The van der Waals surface area contributed by atoms with Gasteiger partial charge in [-0.05, 0) is 48.9 Å². The van der Waals surface area contributed by atoms with Crippen LogP contribution in [0.4, 0.5) is 10.1 Å². The lowest BCUT2D eigenvalue weighted by Crippen LogP contribution is -2.44. The number of ether oxygens (including phenoxy) is 1. The molecule has 0 saturated carbocycles. The lowest BCUT2D eigenvalue weighted by molar-refractivity contribution is -0.172. The summed E-state index contributed by atoms with van der Waals surface area (Å²) in [5.74, 6) is -1.88. The molecule has 10 nitrogen and oxygen atoms in total. The number of benzene rings is 1. The van der Waals surface area contributed by atoms with Crippen LogP contribution in [0, 0.1) is 12.7 Å². The zero-order chi connectivity index (χ0) is 27.5. The van der Waals surface area contributed by atoms with Gasteiger partial charge in [0.2, 0.25) is 0 Å². The molecule has 11 heteroatoms. The van der Waals surface area contributed by atoms with Crippen LogP contribution in [-0.2, 0) is 34.7 Å². The van der Waals surface area contributed by atoms with Crippen LogP contribution in [0.3, 0.4) is 0 Å².